The van der Waals surface area contributed by atoms with Crippen molar-refractivity contribution in [2.75, 3.05) is 18.9 Å². The summed E-state index contributed by atoms with van der Waals surface area (Å²) in [5.74, 6) is 0.348. The van der Waals surface area contributed by atoms with Crippen molar-refractivity contribution in [3.05, 3.63) is 34.2 Å². The zero-order valence-corrected chi connectivity index (χ0v) is 11.6. The Kier molecular flexibility index (Phi) is 4.40. The predicted octanol–water partition coefficient (Wildman–Crippen LogP) is 1.26. The molecule has 1 amide bonds. The molecule has 2 N–H and O–H groups in total. The van der Waals surface area contributed by atoms with Crippen molar-refractivity contribution >= 4 is 23.1 Å². The molecule has 0 unspecified atom stereocenters. The standard InChI is InChI=1S/C12H15N5OS/c1-8-7-19-11(16-8)3-4-15-12(18)9-5-14-6-10(13-2)17-9/h5-7H,3-4H2,1-2H3,(H,13,17)(H,15,18). The average Bonchev–Trinajstić information content (AvgIpc) is 2.84. The molecule has 2 heterocycles. The van der Waals surface area contributed by atoms with Gasteiger partial charge in [0.25, 0.3) is 5.91 Å². The van der Waals surface area contributed by atoms with Gasteiger partial charge in [0.15, 0.2) is 0 Å². The van der Waals surface area contributed by atoms with Crippen molar-refractivity contribution < 1.29 is 4.79 Å². The molecule has 0 bridgehead atoms. The van der Waals surface area contributed by atoms with Gasteiger partial charge in [-0.1, -0.05) is 0 Å². The maximum Gasteiger partial charge on any atom is 0.271 e. The molecule has 0 aliphatic carbocycles. The van der Waals surface area contributed by atoms with E-state index in [2.05, 4.69) is 25.6 Å². The third-order valence-electron chi connectivity index (χ3n) is 2.41. The number of amides is 1. The minimum absolute atomic E-state index is 0.224. The van der Waals surface area contributed by atoms with Gasteiger partial charge in [-0.15, -0.1) is 11.3 Å². The van der Waals surface area contributed by atoms with E-state index in [0.717, 1.165) is 17.1 Å². The molecule has 2 aromatic rings. The second-order valence-corrected chi connectivity index (χ2v) is 4.87. The second kappa shape index (κ2) is 6.24. The molecule has 0 aromatic carbocycles. The topological polar surface area (TPSA) is 79.8 Å². The van der Waals surface area contributed by atoms with E-state index in [9.17, 15) is 4.79 Å². The number of anilines is 1. The molecule has 0 aliphatic heterocycles. The number of carbonyl (C=O) groups excluding carboxylic acids is 1. The van der Waals surface area contributed by atoms with E-state index in [1.165, 1.54) is 6.20 Å². The molecule has 2 aromatic heterocycles. The molecule has 2 rings (SSSR count). The van der Waals surface area contributed by atoms with Gasteiger partial charge in [-0.2, -0.15) is 0 Å². The number of thiazole rings is 1. The van der Waals surface area contributed by atoms with E-state index in [1.54, 1.807) is 24.6 Å². The largest absolute Gasteiger partial charge is 0.372 e. The highest BCUT2D eigenvalue weighted by molar-refractivity contribution is 7.09. The lowest BCUT2D eigenvalue weighted by Gasteiger charge is -2.04. The summed E-state index contributed by atoms with van der Waals surface area (Å²) >= 11 is 1.60. The molecule has 6 nitrogen and oxygen atoms in total. The smallest absolute Gasteiger partial charge is 0.271 e. The van der Waals surface area contributed by atoms with Crippen LogP contribution in [0, 0.1) is 6.92 Å². The number of aryl methyl sites for hydroxylation is 1. The van der Waals surface area contributed by atoms with Gasteiger partial charge < -0.3 is 10.6 Å². The zero-order chi connectivity index (χ0) is 13.7. The number of rotatable bonds is 5. The van der Waals surface area contributed by atoms with Crippen LogP contribution < -0.4 is 10.6 Å². The highest BCUT2D eigenvalue weighted by atomic mass is 32.1. The lowest BCUT2D eigenvalue weighted by Crippen LogP contribution is -2.26. The first-order chi connectivity index (χ1) is 9.19. The van der Waals surface area contributed by atoms with Crippen molar-refractivity contribution in [1.82, 2.24) is 20.3 Å². The summed E-state index contributed by atoms with van der Waals surface area (Å²) < 4.78 is 0. The van der Waals surface area contributed by atoms with Gasteiger partial charge in [-0.3, -0.25) is 9.78 Å². The Labute approximate surface area is 115 Å². The Morgan fingerprint density at radius 3 is 2.89 bits per heavy atom. The van der Waals surface area contributed by atoms with Gasteiger partial charge in [0.05, 0.1) is 17.4 Å². The van der Waals surface area contributed by atoms with Crippen LogP contribution in [0.15, 0.2) is 17.8 Å². The van der Waals surface area contributed by atoms with Crippen LogP contribution in [0.25, 0.3) is 0 Å². The minimum atomic E-state index is -0.224. The van der Waals surface area contributed by atoms with E-state index >= 15 is 0 Å². The molecule has 7 heteroatoms. The van der Waals surface area contributed by atoms with Crippen molar-refractivity contribution in [2.24, 2.45) is 0 Å². The molecule has 0 saturated carbocycles. The average molecular weight is 277 g/mol. The maximum atomic E-state index is 11.8. The van der Waals surface area contributed by atoms with E-state index in [-0.39, 0.29) is 5.91 Å². The summed E-state index contributed by atoms with van der Waals surface area (Å²) in [6, 6.07) is 0. The quantitative estimate of drug-likeness (QED) is 0.860. The minimum Gasteiger partial charge on any atom is -0.372 e. The van der Waals surface area contributed by atoms with E-state index in [0.29, 0.717) is 18.1 Å². The van der Waals surface area contributed by atoms with Crippen LogP contribution in [-0.4, -0.2) is 34.5 Å². The fourth-order valence-electron chi connectivity index (χ4n) is 1.49. The Hall–Kier alpha value is -2.02. The van der Waals surface area contributed by atoms with Crippen LogP contribution in [0.3, 0.4) is 0 Å². The number of hydrogen-bond donors (Lipinski definition) is 2. The van der Waals surface area contributed by atoms with Gasteiger partial charge in [0.2, 0.25) is 0 Å². The molecule has 0 atom stereocenters. The van der Waals surface area contributed by atoms with Gasteiger partial charge in [-0.25, -0.2) is 9.97 Å². The summed E-state index contributed by atoms with van der Waals surface area (Å²) in [4.78, 5) is 24.3. The number of carbonyl (C=O) groups is 1. The van der Waals surface area contributed by atoms with Crippen LogP contribution in [0.5, 0.6) is 0 Å². The summed E-state index contributed by atoms with van der Waals surface area (Å²) in [5.41, 5.74) is 1.32. The first-order valence-electron chi connectivity index (χ1n) is 5.88. The lowest BCUT2D eigenvalue weighted by atomic mass is 10.4. The Bertz CT molecular complexity index is 569. The highest BCUT2D eigenvalue weighted by Crippen LogP contribution is 2.08. The molecule has 0 aliphatic rings. The van der Waals surface area contributed by atoms with Crippen LogP contribution in [0.4, 0.5) is 5.82 Å². The molecular formula is C12H15N5OS. The maximum absolute atomic E-state index is 11.8. The zero-order valence-electron chi connectivity index (χ0n) is 10.8. The van der Waals surface area contributed by atoms with Gasteiger partial charge in [0, 0.05) is 31.1 Å². The van der Waals surface area contributed by atoms with Crippen LogP contribution in [0.2, 0.25) is 0 Å². The third kappa shape index (κ3) is 3.72. The summed E-state index contributed by atoms with van der Waals surface area (Å²) in [5, 5.41) is 8.67. The molecule has 19 heavy (non-hydrogen) atoms. The third-order valence-corrected chi connectivity index (χ3v) is 3.44. The molecule has 0 saturated heterocycles. The van der Waals surface area contributed by atoms with Gasteiger partial charge >= 0.3 is 0 Å². The number of aromatic nitrogens is 3. The second-order valence-electron chi connectivity index (χ2n) is 3.93. The first kappa shape index (κ1) is 13.4. The van der Waals surface area contributed by atoms with Gasteiger partial charge in [0.1, 0.15) is 11.5 Å². The fourth-order valence-corrected chi connectivity index (χ4v) is 2.26. The summed E-state index contributed by atoms with van der Waals surface area (Å²) in [6.45, 7) is 2.49. The lowest BCUT2D eigenvalue weighted by molar-refractivity contribution is 0.0949. The molecule has 0 spiro atoms. The van der Waals surface area contributed by atoms with Crippen molar-refractivity contribution in [2.45, 2.75) is 13.3 Å². The fraction of sp³-hybridized carbons (Fsp3) is 0.333. The number of nitrogens with one attached hydrogen (secondary N) is 2. The van der Waals surface area contributed by atoms with Crippen molar-refractivity contribution in [3.63, 3.8) is 0 Å². The molecule has 100 valence electrons. The predicted molar refractivity (Wildman–Crippen MR) is 74.5 cm³/mol. The number of nitrogens with zero attached hydrogens (tertiary/aromatic N) is 3. The highest BCUT2D eigenvalue weighted by Gasteiger charge is 2.08. The normalized spacial score (nSPS) is 10.2. The van der Waals surface area contributed by atoms with Crippen LogP contribution in [-0.2, 0) is 6.42 Å². The monoisotopic (exact) mass is 277 g/mol. The SMILES string of the molecule is CNc1cncc(C(=O)NCCc2nc(C)cs2)n1. The van der Waals surface area contributed by atoms with Crippen LogP contribution >= 0.6 is 11.3 Å². The van der Waals surface area contributed by atoms with E-state index in [1.807, 2.05) is 12.3 Å². The van der Waals surface area contributed by atoms with E-state index < -0.39 is 0 Å². The number of hydrogen-bond acceptors (Lipinski definition) is 6. The van der Waals surface area contributed by atoms with Crippen molar-refractivity contribution in [3.8, 4) is 0 Å². The Balaban J connectivity index is 1.87. The Morgan fingerprint density at radius 2 is 2.21 bits per heavy atom. The molecule has 0 radical (unpaired) electrons. The summed E-state index contributed by atoms with van der Waals surface area (Å²) in [6.07, 6.45) is 3.74. The van der Waals surface area contributed by atoms with Crippen molar-refractivity contribution in [1.29, 1.82) is 0 Å². The summed E-state index contributed by atoms with van der Waals surface area (Å²) in [7, 11) is 1.73. The molecular weight excluding hydrogens is 262 g/mol. The molecule has 0 fully saturated rings. The van der Waals surface area contributed by atoms with E-state index in [4.69, 9.17) is 0 Å². The first-order valence-corrected chi connectivity index (χ1v) is 6.76. The van der Waals surface area contributed by atoms with Crippen LogP contribution in [0.1, 0.15) is 21.2 Å². The Morgan fingerprint density at radius 1 is 1.37 bits per heavy atom. The van der Waals surface area contributed by atoms with Gasteiger partial charge in [-0.05, 0) is 6.92 Å².